The number of benzene rings is 1. The standard InChI is InChI=1S/C11H15N3O3S/c1-18-7-11(15)13-8-3-2-4-9(5-8)17-6-10(12)14-16/h2-5,16H,6-7H2,1H3,(H2,12,14)(H,13,15). The largest absolute Gasteiger partial charge is 0.485 e. The molecule has 1 aromatic rings. The van der Waals surface area contributed by atoms with Gasteiger partial charge in [-0.15, -0.1) is 0 Å². The number of thioether (sulfide) groups is 1. The highest BCUT2D eigenvalue weighted by molar-refractivity contribution is 7.99. The van der Waals surface area contributed by atoms with Gasteiger partial charge in [-0.25, -0.2) is 0 Å². The minimum absolute atomic E-state index is 0.0152. The Morgan fingerprint density at radius 2 is 2.39 bits per heavy atom. The molecule has 0 saturated heterocycles. The Kier molecular flexibility index (Phi) is 5.86. The molecular weight excluding hydrogens is 254 g/mol. The highest BCUT2D eigenvalue weighted by atomic mass is 32.2. The molecule has 0 spiro atoms. The molecule has 98 valence electrons. The number of hydrogen-bond donors (Lipinski definition) is 3. The van der Waals surface area contributed by atoms with Gasteiger partial charge >= 0.3 is 0 Å². The fraction of sp³-hybridized carbons (Fsp3) is 0.273. The van der Waals surface area contributed by atoms with E-state index in [1.165, 1.54) is 11.8 Å². The molecule has 0 aromatic heterocycles. The highest BCUT2D eigenvalue weighted by Gasteiger charge is 2.03. The summed E-state index contributed by atoms with van der Waals surface area (Å²) in [5, 5.41) is 13.9. The van der Waals surface area contributed by atoms with E-state index in [9.17, 15) is 4.79 Å². The minimum Gasteiger partial charge on any atom is -0.485 e. The molecule has 1 rings (SSSR count). The normalized spacial score (nSPS) is 11.1. The molecule has 1 aromatic carbocycles. The SMILES string of the molecule is CSCC(=O)Nc1cccc(OCC(N)=NO)c1. The molecule has 0 heterocycles. The summed E-state index contributed by atoms with van der Waals surface area (Å²) in [5.41, 5.74) is 5.93. The van der Waals surface area contributed by atoms with Crippen molar-refractivity contribution < 1.29 is 14.7 Å². The highest BCUT2D eigenvalue weighted by Crippen LogP contribution is 2.17. The monoisotopic (exact) mass is 269 g/mol. The Bertz CT molecular complexity index is 437. The van der Waals surface area contributed by atoms with Crippen LogP contribution in [0.25, 0.3) is 0 Å². The zero-order chi connectivity index (χ0) is 13.4. The van der Waals surface area contributed by atoms with Crippen LogP contribution in [0.1, 0.15) is 0 Å². The smallest absolute Gasteiger partial charge is 0.234 e. The number of nitrogens with one attached hydrogen (secondary N) is 1. The van der Waals surface area contributed by atoms with Gasteiger partial charge in [0.2, 0.25) is 5.91 Å². The van der Waals surface area contributed by atoms with Crippen molar-refractivity contribution in [3.63, 3.8) is 0 Å². The van der Waals surface area contributed by atoms with Gasteiger partial charge in [-0.2, -0.15) is 11.8 Å². The van der Waals surface area contributed by atoms with Crippen LogP contribution in [0, 0.1) is 0 Å². The molecule has 0 aliphatic heterocycles. The third kappa shape index (κ3) is 4.96. The van der Waals surface area contributed by atoms with E-state index >= 15 is 0 Å². The van der Waals surface area contributed by atoms with E-state index in [-0.39, 0.29) is 18.3 Å². The lowest BCUT2D eigenvalue weighted by molar-refractivity contribution is -0.113. The minimum atomic E-state index is -0.0731. The number of rotatable bonds is 6. The number of amides is 1. The molecule has 0 bridgehead atoms. The molecule has 6 nitrogen and oxygen atoms in total. The van der Waals surface area contributed by atoms with E-state index in [0.29, 0.717) is 17.2 Å². The molecule has 0 radical (unpaired) electrons. The van der Waals surface area contributed by atoms with Gasteiger partial charge in [-0.05, 0) is 18.4 Å². The lowest BCUT2D eigenvalue weighted by Gasteiger charge is -2.08. The van der Waals surface area contributed by atoms with Crippen LogP contribution < -0.4 is 15.8 Å². The Morgan fingerprint density at radius 3 is 3.06 bits per heavy atom. The number of oxime groups is 1. The number of hydrogen-bond acceptors (Lipinski definition) is 5. The summed E-state index contributed by atoms with van der Waals surface area (Å²) in [7, 11) is 0. The van der Waals surface area contributed by atoms with Gasteiger partial charge in [0.1, 0.15) is 12.4 Å². The molecule has 7 heteroatoms. The maximum Gasteiger partial charge on any atom is 0.234 e. The van der Waals surface area contributed by atoms with Crippen molar-refractivity contribution in [3.05, 3.63) is 24.3 Å². The van der Waals surface area contributed by atoms with E-state index in [4.69, 9.17) is 15.7 Å². The molecule has 0 aliphatic carbocycles. The summed E-state index contributed by atoms with van der Waals surface area (Å²) in [5.74, 6) is 0.835. The third-order valence-electron chi connectivity index (χ3n) is 1.91. The lowest BCUT2D eigenvalue weighted by atomic mass is 10.3. The van der Waals surface area contributed by atoms with Gasteiger partial charge in [-0.1, -0.05) is 11.2 Å². The van der Waals surface area contributed by atoms with Crippen LogP contribution in [0.5, 0.6) is 5.75 Å². The lowest BCUT2D eigenvalue weighted by Crippen LogP contribution is -2.20. The zero-order valence-electron chi connectivity index (χ0n) is 9.92. The molecule has 0 unspecified atom stereocenters. The second kappa shape index (κ2) is 7.44. The number of amidine groups is 1. The van der Waals surface area contributed by atoms with Gasteiger partial charge in [0, 0.05) is 11.8 Å². The van der Waals surface area contributed by atoms with Crippen LogP contribution in [-0.2, 0) is 4.79 Å². The predicted octanol–water partition coefficient (Wildman–Crippen LogP) is 1.11. The van der Waals surface area contributed by atoms with Gasteiger partial charge in [0.15, 0.2) is 5.84 Å². The number of carbonyl (C=O) groups excluding carboxylic acids is 1. The van der Waals surface area contributed by atoms with E-state index in [1.54, 1.807) is 24.3 Å². The average molecular weight is 269 g/mol. The third-order valence-corrected chi connectivity index (χ3v) is 2.46. The molecule has 0 fully saturated rings. The van der Waals surface area contributed by atoms with Gasteiger partial charge in [0.25, 0.3) is 0 Å². The first-order chi connectivity index (χ1) is 8.65. The maximum absolute atomic E-state index is 11.4. The summed E-state index contributed by atoms with van der Waals surface area (Å²) in [6.07, 6.45) is 1.86. The second-order valence-electron chi connectivity index (χ2n) is 3.39. The molecule has 1 amide bonds. The zero-order valence-corrected chi connectivity index (χ0v) is 10.7. The van der Waals surface area contributed by atoms with E-state index in [2.05, 4.69) is 10.5 Å². The maximum atomic E-state index is 11.4. The van der Waals surface area contributed by atoms with E-state index in [0.717, 1.165) is 0 Å². The van der Waals surface area contributed by atoms with Gasteiger partial charge in [-0.3, -0.25) is 4.79 Å². The van der Waals surface area contributed by atoms with Crippen molar-refractivity contribution >= 4 is 29.2 Å². The van der Waals surface area contributed by atoms with E-state index in [1.807, 2.05) is 6.26 Å². The first-order valence-corrected chi connectivity index (χ1v) is 6.53. The first kappa shape index (κ1) is 14.2. The Balaban J connectivity index is 2.59. The second-order valence-corrected chi connectivity index (χ2v) is 4.26. The van der Waals surface area contributed by atoms with Crippen LogP contribution >= 0.6 is 11.8 Å². The molecular formula is C11H15N3O3S. The fourth-order valence-electron chi connectivity index (χ4n) is 1.18. The van der Waals surface area contributed by atoms with Crippen LogP contribution in [0.2, 0.25) is 0 Å². The predicted molar refractivity (Wildman–Crippen MR) is 72.4 cm³/mol. The fourth-order valence-corrected chi connectivity index (χ4v) is 1.51. The molecule has 18 heavy (non-hydrogen) atoms. The van der Waals surface area contributed by atoms with Gasteiger partial charge < -0.3 is 21.0 Å². The summed E-state index contributed by atoms with van der Waals surface area (Å²) in [6.45, 7) is -0.0152. The molecule has 0 aliphatic rings. The molecule has 0 saturated carbocycles. The Morgan fingerprint density at radius 1 is 1.61 bits per heavy atom. The summed E-state index contributed by atoms with van der Waals surface area (Å²) < 4.78 is 5.27. The van der Waals surface area contributed by atoms with Crippen molar-refractivity contribution in [2.45, 2.75) is 0 Å². The van der Waals surface area contributed by atoms with Crippen molar-refractivity contribution in [1.82, 2.24) is 0 Å². The average Bonchev–Trinajstić information content (AvgIpc) is 2.36. The number of ether oxygens (including phenoxy) is 1. The molecule has 0 atom stereocenters. The number of carbonyl (C=O) groups is 1. The van der Waals surface area contributed by atoms with Crippen LogP contribution in [0.4, 0.5) is 5.69 Å². The van der Waals surface area contributed by atoms with Crippen molar-refractivity contribution in [2.24, 2.45) is 10.9 Å². The van der Waals surface area contributed by atoms with Crippen LogP contribution in [0.15, 0.2) is 29.4 Å². The molecule has 4 N–H and O–H groups in total. The van der Waals surface area contributed by atoms with Crippen molar-refractivity contribution in [3.8, 4) is 5.75 Å². The number of nitrogens with zero attached hydrogens (tertiary/aromatic N) is 1. The number of nitrogens with two attached hydrogens (primary N) is 1. The number of anilines is 1. The topological polar surface area (TPSA) is 96.9 Å². The Labute approximate surface area is 109 Å². The quantitative estimate of drug-likeness (QED) is 0.311. The summed E-state index contributed by atoms with van der Waals surface area (Å²) in [4.78, 5) is 11.4. The van der Waals surface area contributed by atoms with Crippen LogP contribution in [-0.4, -0.2) is 35.6 Å². The van der Waals surface area contributed by atoms with Gasteiger partial charge in [0.05, 0.1) is 5.75 Å². The van der Waals surface area contributed by atoms with E-state index < -0.39 is 0 Å². The Hall–Kier alpha value is -1.89. The summed E-state index contributed by atoms with van der Waals surface area (Å²) in [6, 6.07) is 6.89. The first-order valence-electron chi connectivity index (χ1n) is 5.13. The van der Waals surface area contributed by atoms with Crippen molar-refractivity contribution in [2.75, 3.05) is 23.9 Å². The summed E-state index contributed by atoms with van der Waals surface area (Å²) >= 11 is 1.45. The van der Waals surface area contributed by atoms with Crippen molar-refractivity contribution in [1.29, 1.82) is 0 Å². The van der Waals surface area contributed by atoms with Crippen LogP contribution in [0.3, 0.4) is 0 Å².